The van der Waals surface area contributed by atoms with Crippen molar-refractivity contribution in [1.29, 1.82) is 0 Å². The summed E-state index contributed by atoms with van der Waals surface area (Å²) in [6.45, 7) is 6.73. The van der Waals surface area contributed by atoms with Gasteiger partial charge in [0, 0.05) is 6.54 Å². The van der Waals surface area contributed by atoms with Crippen LogP contribution in [0.4, 0.5) is 0 Å². The first kappa shape index (κ1) is 11.5. The lowest BCUT2D eigenvalue weighted by Crippen LogP contribution is -2.63. The van der Waals surface area contributed by atoms with Crippen LogP contribution in [-0.4, -0.2) is 31.1 Å². The Morgan fingerprint density at radius 3 is 2.79 bits per heavy atom. The van der Waals surface area contributed by atoms with E-state index in [1.54, 1.807) is 0 Å². The molecule has 0 aliphatic carbocycles. The Bertz CT molecular complexity index is 198. The van der Waals surface area contributed by atoms with Gasteiger partial charge >= 0.3 is 0 Å². The van der Waals surface area contributed by atoms with Crippen LogP contribution in [0.2, 0.25) is 0 Å². The normalized spacial score (nSPS) is 27.9. The summed E-state index contributed by atoms with van der Waals surface area (Å²) in [4.78, 5) is 11.4. The zero-order valence-corrected chi connectivity index (χ0v) is 9.10. The second-order valence-corrected chi connectivity index (χ2v) is 4.50. The van der Waals surface area contributed by atoms with Gasteiger partial charge in [-0.25, -0.2) is 0 Å². The van der Waals surface area contributed by atoms with E-state index >= 15 is 0 Å². The van der Waals surface area contributed by atoms with Gasteiger partial charge in [0.15, 0.2) is 0 Å². The van der Waals surface area contributed by atoms with Gasteiger partial charge in [-0.05, 0) is 31.8 Å². The molecular weight excluding hydrogens is 178 g/mol. The number of rotatable bonds is 4. The van der Waals surface area contributed by atoms with Crippen LogP contribution in [0.25, 0.3) is 0 Å². The van der Waals surface area contributed by atoms with Gasteiger partial charge in [-0.3, -0.25) is 4.79 Å². The van der Waals surface area contributed by atoms with Gasteiger partial charge in [0.05, 0.1) is 0 Å². The van der Waals surface area contributed by atoms with Crippen molar-refractivity contribution < 1.29 is 4.79 Å². The van der Waals surface area contributed by atoms with Crippen molar-refractivity contribution in [3.05, 3.63) is 0 Å². The Hall–Kier alpha value is -0.610. The molecular formula is C10H21N3O. The van der Waals surface area contributed by atoms with Gasteiger partial charge in [-0.15, -0.1) is 0 Å². The molecule has 1 heterocycles. The van der Waals surface area contributed by atoms with E-state index in [1.165, 1.54) is 0 Å². The van der Waals surface area contributed by atoms with E-state index in [9.17, 15) is 4.79 Å². The van der Waals surface area contributed by atoms with E-state index in [-0.39, 0.29) is 5.91 Å². The minimum absolute atomic E-state index is 0.231. The van der Waals surface area contributed by atoms with E-state index in [4.69, 9.17) is 5.73 Å². The molecule has 0 aromatic rings. The molecule has 0 aromatic carbocycles. The molecule has 14 heavy (non-hydrogen) atoms. The molecule has 0 radical (unpaired) electrons. The molecule has 0 aromatic heterocycles. The molecule has 1 unspecified atom stereocenters. The van der Waals surface area contributed by atoms with Crippen molar-refractivity contribution in [2.45, 2.75) is 32.2 Å². The fraction of sp³-hybridized carbons (Fsp3) is 0.900. The number of nitrogens with one attached hydrogen (secondary N) is 2. The fourth-order valence-corrected chi connectivity index (χ4v) is 1.75. The van der Waals surface area contributed by atoms with Crippen molar-refractivity contribution in [3.63, 3.8) is 0 Å². The van der Waals surface area contributed by atoms with Crippen LogP contribution in [0, 0.1) is 5.92 Å². The third-order valence-corrected chi connectivity index (χ3v) is 2.70. The molecule has 1 atom stereocenters. The summed E-state index contributed by atoms with van der Waals surface area (Å²) < 4.78 is 0. The number of hydrogen-bond donors (Lipinski definition) is 3. The van der Waals surface area contributed by atoms with Crippen LogP contribution < -0.4 is 16.4 Å². The second-order valence-electron chi connectivity index (χ2n) is 4.50. The van der Waals surface area contributed by atoms with Crippen molar-refractivity contribution in [2.24, 2.45) is 11.7 Å². The average molecular weight is 199 g/mol. The number of amides is 1. The first-order chi connectivity index (χ1) is 6.57. The van der Waals surface area contributed by atoms with E-state index < -0.39 is 5.54 Å². The van der Waals surface area contributed by atoms with Crippen molar-refractivity contribution in [3.8, 4) is 0 Å². The lowest BCUT2D eigenvalue weighted by Gasteiger charge is -2.36. The third kappa shape index (κ3) is 2.69. The average Bonchev–Trinajstić information content (AvgIpc) is 2.16. The van der Waals surface area contributed by atoms with E-state index in [0.29, 0.717) is 12.5 Å². The van der Waals surface area contributed by atoms with Crippen molar-refractivity contribution in [2.75, 3.05) is 19.6 Å². The second kappa shape index (κ2) is 4.75. The van der Waals surface area contributed by atoms with Gasteiger partial charge in [0.2, 0.25) is 5.91 Å². The molecule has 4 N–H and O–H groups in total. The van der Waals surface area contributed by atoms with Crippen LogP contribution in [0.15, 0.2) is 0 Å². The van der Waals surface area contributed by atoms with Gasteiger partial charge in [-0.2, -0.15) is 0 Å². The largest absolute Gasteiger partial charge is 0.368 e. The van der Waals surface area contributed by atoms with Crippen LogP contribution in [-0.2, 0) is 4.79 Å². The molecule has 0 saturated carbocycles. The van der Waals surface area contributed by atoms with Crippen LogP contribution in [0.5, 0.6) is 0 Å². The highest BCUT2D eigenvalue weighted by Crippen LogP contribution is 2.15. The highest BCUT2D eigenvalue weighted by Gasteiger charge is 2.37. The maximum atomic E-state index is 11.4. The Morgan fingerprint density at radius 1 is 1.64 bits per heavy atom. The van der Waals surface area contributed by atoms with Crippen molar-refractivity contribution in [1.82, 2.24) is 10.6 Å². The molecule has 82 valence electrons. The summed E-state index contributed by atoms with van der Waals surface area (Å²) >= 11 is 0. The Morgan fingerprint density at radius 2 is 2.36 bits per heavy atom. The van der Waals surface area contributed by atoms with Crippen LogP contribution in [0.3, 0.4) is 0 Å². The molecule has 1 saturated heterocycles. The highest BCUT2D eigenvalue weighted by atomic mass is 16.1. The molecule has 1 fully saturated rings. The first-order valence-electron chi connectivity index (χ1n) is 5.32. The van der Waals surface area contributed by atoms with Gasteiger partial charge < -0.3 is 16.4 Å². The lowest BCUT2D eigenvalue weighted by molar-refractivity contribution is -0.125. The number of piperidine rings is 1. The summed E-state index contributed by atoms with van der Waals surface area (Å²) in [5.41, 5.74) is 4.94. The molecule has 1 amide bonds. The highest BCUT2D eigenvalue weighted by molar-refractivity contribution is 5.85. The Kier molecular flexibility index (Phi) is 3.89. The molecule has 1 aliphatic heterocycles. The summed E-state index contributed by atoms with van der Waals surface area (Å²) in [5, 5.41) is 6.51. The lowest BCUT2D eigenvalue weighted by atomic mass is 9.89. The molecule has 0 spiro atoms. The maximum absolute atomic E-state index is 11.4. The quantitative estimate of drug-likeness (QED) is 0.589. The number of primary amides is 1. The van der Waals surface area contributed by atoms with E-state index in [2.05, 4.69) is 24.5 Å². The standard InChI is InChI=1S/C10H21N3O/c1-8(2)6-13-10(9(11)14)4-3-5-12-7-10/h8,12-13H,3-7H2,1-2H3,(H2,11,14). The molecule has 1 aliphatic rings. The van der Waals surface area contributed by atoms with E-state index in [0.717, 1.165) is 25.9 Å². The van der Waals surface area contributed by atoms with Gasteiger partial charge in [-0.1, -0.05) is 13.8 Å². The zero-order chi connectivity index (χ0) is 10.6. The minimum Gasteiger partial charge on any atom is -0.368 e. The molecule has 0 bridgehead atoms. The summed E-state index contributed by atoms with van der Waals surface area (Å²) in [6.07, 6.45) is 1.86. The summed E-state index contributed by atoms with van der Waals surface area (Å²) in [7, 11) is 0. The monoisotopic (exact) mass is 199 g/mol. The summed E-state index contributed by atoms with van der Waals surface area (Å²) in [5.74, 6) is 0.304. The predicted molar refractivity (Wildman–Crippen MR) is 56.9 cm³/mol. The van der Waals surface area contributed by atoms with Gasteiger partial charge in [0.1, 0.15) is 5.54 Å². The molecule has 4 nitrogen and oxygen atoms in total. The number of carbonyl (C=O) groups is 1. The number of hydrogen-bond acceptors (Lipinski definition) is 3. The minimum atomic E-state index is -0.511. The zero-order valence-electron chi connectivity index (χ0n) is 9.10. The number of carbonyl (C=O) groups excluding carboxylic acids is 1. The molecule has 4 heteroatoms. The van der Waals surface area contributed by atoms with Gasteiger partial charge in [0.25, 0.3) is 0 Å². The third-order valence-electron chi connectivity index (χ3n) is 2.70. The van der Waals surface area contributed by atoms with Crippen molar-refractivity contribution >= 4 is 5.91 Å². The smallest absolute Gasteiger partial charge is 0.239 e. The van der Waals surface area contributed by atoms with Crippen LogP contribution in [0.1, 0.15) is 26.7 Å². The Balaban J connectivity index is 2.56. The van der Waals surface area contributed by atoms with Crippen LogP contribution >= 0.6 is 0 Å². The Labute approximate surface area is 85.6 Å². The maximum Gasteiger partial charge on any atom is 0.239 e. The topological polar surface area (TPSA) is 67.1 Å². The first-order valence-corrected chi connectivity index (χ1v) is 5.32. The number of nitrogens with two attached hydrogens (primary N) is 1. The summed E-state index contributed by atoms with van der Waals surface area (Å²) in [6, 6.07) is 0. The predicted octanol–water partition coefficient (Wildman–Crippen LogP) is -0.160. The fourth-order valence-electron chi connectivity index (χ4n) is 1.75. The van der Waals surface area contributed by atoms with E-state index in [1.807, 2.05) is 0 Å². The SMILES string of the molecule is CC(C)CNC1(C(N)=O)CCCNC1. The molecule has 1 rings (SSSR count).